The predicted molar refractivity (Wildman–Crippen MR) is 243 cm³/mol. The molecule has 56 heavy (non-hydrogen) atoms. The molecule has 2 heteroatoms. The monoisotopic (exact) mass is 729 g/mol. The van der Waals surface area contributed by atoms with Crippen molar-refractivity contribution in [1.29, 1.82) is 0 Å². The van der Waals surface area contributed by atoms with Crippen molar-refractivity contribution in [3.8, 4) is 33.4 Å². The van der Waals surface area contributed by atoms with Crippen LogP contribution in [0.4, 0.5) is 17.1 Å². The Labute approximate surface area is 330 Å². The first-order chi connectivity index (χ1) is 27.8. The van der Waals surface area contributed by atoms with Gasteiger partial charge in [-0.15, -0.1) is 11.3 Å². The molecule has 1 heterocycles. The molecule has 0 radical (unpaired) electrons. The van der Waals surface area contributed by atoms with Crippen molar-refractivity contribution in [3.05, 3.63) is 212 Å². The highest BCUT2D eigenvalue weighted by Crippen LogP contribution is 2.52. The molecule has 0 aliphatic carbocycles. The molecule has 10 aromatic carbocycles. The van der Waals surface area contributed by atoms with E-state index in [9.17, 15) is 0 Å². The summed E-state index contributed by atoms with van der Waals surface area (Å²) in [6, 6.07) is 78.0. The first-order valence-electron chi connectivity index (χ1n) is 19.2. The fraction of sp³-hybridized carbons (Fsp3) is 0. The van der Waals surface area contributed by atoms with Gasteiger partial charge in [0.2, 0.25) is 0 Å². The van der Waals surface area contributed by atoms with Gasteiger partial charge in [0.15, 0.2) is 0 Å². The molecule has 0 saturated carbocycles. The first-order valence-corrected chi connectivity index (χ1v) is 20.0. The molecule has 0 aliphatic heterocycles. The van der Waals surface area contributed by atoms with Gasteiger partial charge in [0.25, 0.3) is 0 Å². The summed E-state index contributed by atoms with van der Waals surface area (Å²) < 4.78 is 2.56. The van der Waals surface area contributed by atoms with Gasteiger partial charge in [0.05, 0.1) is 17.1 Å². The molecule has 0 spiro atoms. The minimum atomic E-state index is 1.12. The first kappa shape index (κ1) is 32.4. The van der Waals surface area contributed by atoms with E-state index in [1.54, 1.807) is 0 Å². The summed E-state index contributed by atoms with van der Waals surface area (Å²) in [6.07, 6.45) is 0. The van der Waals surface area contributed by atoms with E-state index < -0.39 is 0 Å². The average Bonchev–Trinajstić information content (AvgIpc) is 3.66. The molecular weight excluding hydrogens is 695 g/mol. The molecule has 0 unspecified atom stereocenters. The third-order valence-electron chi connectivity index (χ3n) is 11.2. The molecular formula is C54H35NS. The van der Waals surface area contributed by atoms with E-state index in [2.05, 4.69) is 217 Å². The van der Waals surface area contributed by atoms with E-state index in [0.717, 1.165) is 17.1 Å². The minimum absolute atomic E-state index is 1.12. The highest BCUT2D eigenvalue weighted by molar-refractivity contribution is 7.26. The van der Waals surface area contributed by atoms with Crippen LogP contribution in [0.25, 0.3) is 85.9 Å². The van der Waals surface area contributed by atoms with Crippen LogP contribution in [-0.4, -0.2) is 0 Å². The zero-order chi connectivity index (χ0) is 37.0. The van der Waals surface area contributed by atoms with Crippen molar-refractivity contribution in [3.63, 3.8) is 0 Å². The predicted octanol–water partition coefficient (Wildman–Crippen LogP) is 16.0. The Morgan fingerprint density at radius 3 is 1.77 bits per heavy atom. The quantitative estimate of drug-likeness (QED) is 0.165. The Morgan fingerprint density at radius 1 is 0.304 bits per heavy atom. The van der Waals surface area contributed by atoms with Crippen LogP contribution in [0.5, 0.6) is 0 Å². The molecule has 262 valence electrons. The molecule has 11 rings (SSSR count). The third kappa shape index (κ3) is 5.38. The van der Waals surface area contributed by atoms with Gasteiger partial charge in [-0.2, -0.15) is 0 Å². The summed E-state index contributed by atoms with van der Waals surface area (Å²) in [7, 11) is 0. The van der Waals surface area contributed by atoms with Crippen LogP contribution in [-0.2, 0) is 0 Å². The lowest BCUT2D eigenvalue weighted by atomic mass is 9.90. The zero-order valence-corrected chi connectivity index (χ0v) is 31.4. The van der Waals surface area contributed by atoms with Gasteiger partial charge in [0, 0.05) is 31.3 Å². The SMILES string of the molecule is c1ccc(-c2ccc(N(c3ccc4ccccc4c3-c3cccc4ccccc34)c3cccc4sc5ccccc5c34)c(-c3ccc4ccccc4c3)c2)cc1. The van der Waals surface area contributed by atoms with Crippen molar-refractivity contribution in [2.75, 3.05) is 4.90 Å². The van der Waals surface area contributed by atoms with Crippen molar-refractivity contribution in [2.24, 2.45) is 0 Å². The molecule has 0 amide bonds. The van der Waals surface area contributed by atoms with Crippen molar-refractivity contribution >= 4 is 80.9 Å². The lowest BCUT2D eigenvalue weighted by Gasteiger charge is -2.32. The Hall–Kier alpha value is -7.00. The van der Waals surface area contributed by atoms with Crippen LogP contribution in [0.15, 0.2) is 212 Å². The second-order valence-corrected chi connectivity index (χ2v) is 15.5. The Morgan fingerprint density at radius 2 is 0.911 bits per heavy atom. The van der Waals surface area contributed by atoms with E-state index in [-0.39, 0.29) is 0 Å². The molecule has 0 saturated heterocycles. The van der Waals surface area contributed by atoms with Gasteiger partial charge in [-0.3, -0.25) is 0 Å². The summed E-state index contributed by atoms with van der Waals surface area (Å²) in [5.41, 5.74) is 10.6. The largest absolute Gasteiger partial charge is 0.309 e. The van der Waals surface area contributed by atoms with E-state index in [1.165, 1.54) is 85.9 Å². The van der Waals surface area contributed by atoms with Crippen LogP contribution >= 0.6 is 11.3 Å². The second kappa shape index (κ2) is 13.4. The number of fused-ring (bicyclic) bond motifs is 6. The lowest BCUT2D eigenvalue weighted by molar-refractivity contribution is 1.31. The zero-order valence-electron chi connectivity index (χ0n) is 30.6. The highest BCUT2D eigenvalue weighted by atomic mass is 32.1. The van der Waals surface area contributed by atoms with Gasteiger partial charge in [-0.1, -0.05) is 170 Å². The number of nitrogens with zero attached hydrogens (tertiary/aromatic N) is 1. The number of hydrogen-bond acceptors (Lipinski definition) is 2. The molecule has 1 nitrogen and oxygen atoms in total. The Bertz CT molecular complexity index is 3260. The summed E-state index contributed by atoms with van der Waals surface area (Å²) >= 11 is 1.86. The summed E-state index contributed by atoms with van der Waals surface area (Å²) in [4.78, 5) is 2.56. The fourth-order valence-corrected chi connectivity index (χ4v) is 9.76. The summed E-state index contributed by atoms with van der Waals surface area (Å²) in [5.74, 6) is 0. The molecule has 11 aromatic rings. The van der Waals surface area contributed by atoms with Crippen LogP contribution in [0.1, 0.15) is 0 Å². The molecule has 0 bridgehead atoms. The van der Waals surface area contributed by atoms with Crippen molar-refractivity contribution in [2.45, 2.75) is 0 Å². The van der Waals surface area contributed by atoms with Gasteiger partial charge in [-0.05, 0) is 97.0 Å². The third-order valence-corrected chi connectivity index (χ3v) is 12.4. The number of thiophene rings is 1. The maximum absolute atomic E-state index is 2.56. The van der Waals surface area contributed by atoms with Crippen molar-refractivity contribution < 1.29 is 0 Å². The van der Waals surface area contributed by atoms with E-state index in [1.807, 2.05) is 11.3 Å². The molecule has 0 fully saturated rings. The number of hydrogen-bond donors (Lipinski definition) is 0. The second-order valence-electron chi connectivity index (χ2n) is 14.5. The van der Waals surface area contributed by atoms with E-state index in [0.29, 0.717) is 0 Å². The van der Waals surface area contributed by atoms with Crippen LogP contribution in [0.2, 0.25) is 0 Å². The Balaban J connectivity index is 1.29. The molecule has 1 aromatic heterocycles. The summed E-state index contributed by atoms with van der Waals surface area (Å²) in [5, 5.41) is 9.90. The smallest absolute Gasteiger partial charge is 0.0555 e. The fourth-order valence-electron chi connectivity index (χ4n) is 8.63. The van der Waals surface area contributed by atoms with Gasteiger partial charge >= 0.3 is 0 Å². The molecule has 0 aliphatic rings. The number of benzene rings is 10. The molecule has 0 atom stereocenters. The minimum Gasteiger partial charge on any atom is -0.309 e. The topological polar surface area (TPSA) is 3.24 Å². The van der Waals surface area contributed by atoms with Gasteiger partial charge in [0.1, 0.15) is 0 Å². The highest BCUT2D eigenvalue weighted by Gasteiger charge is 2.26. The number of rotatable bonds is 6. The number of anilines is 3. The van der Waals surface area contributed by atoms with Crippen LogP contribution < -0.4 is 4.90 Å². The van der Waals surface area contributed by atoms with E-state index >= 15 is 0 Å². The lowest BCUT2D eigenvalue weighted by Crippen LogP contribution is -2.13. The van der Waals surface area contributed by atoms with Crippen molar-refractivity contribution in [1.82, 2.24) is 0 Å². The van der Waals surface area contributed by atoms with Gasteiger partial charge < -0.3 is 4.90 Å². The van der Waals surface area contributed by atoms with Crippen LogP contribution in [0, 0.1) is 0 Å². The summed E-state index contributed by atoms with van der Waals surface area (Å²) in [6.45, 7) is 0. The maximum atomic E-state index is 2.56. The van der Waals surface area contributed by atoms with Gasteiger partial charge in [-0.25, -0.2) is 0 Å². The average molecular weight is 730 g/mol. The molecule has 0 N–H and O–H groups in total. The normalized spacial score (nSPS) is 11.6. The van der Waals surface area contributed by atoms with Crippen LogP contribution in [0.3, 0.4) is 0 Å². The van der Waals surface area contributed by atoms with E-state index in [4.69, 9.17) is 0 Å². The standard InChI is InChI=1S/C54H35NS/c1-2-14-36(15-3-1)41-31-32-48(47(35-41)42-29-28-37-16-4-5-19-40(37)34-42)55(49-25-13-27-52-54(49)46-23-10-11-26-51(46)56-52)50-33-30-39-18-7-9-22-44(39)53(50)45-24-12-20-38-17-6-8-21-43(38)45/h1-35H. The maximum Gasteiger partial charge on any atom is 0.0555 e. The Kier molecular flexibility index (Phi) is 7.75.